The van der Waals surface area contributed by atoms with Crippen LogP contribution in [-0.4, -0.2) is 27.7 Å². The number of primary amides is 1. The van der Waals surface area contributed by atoms with Gasteiger partial charge in [-0.1, -0.05) is 33.3 Å². The Hall–Kier alpha value is -2.37. The molecule has 0 spiro atoms. The van der Waals surface area contributed by atoms with E-state index in [9.17, 15) is 9.59 Å². The van der Waals surface area contributed by atoms with Crippen LogP contribution in [0.15, 0.2) is 24.4 Å². The molecule has 1 fully saturated rings. The number of hydrogen-bond donors (Lipinski definition) is 2. The summed E-state index contributed by atoms with van der Waals surface area (Å²) in [5.74, 6) is 0.283. The van der Waals surface area contributed by atoms with E-state index in [0.717, 1.165) is 6.42 Å². The van der Waals surface area contributed by atoms with E-state index in [1.165, 1.54) is 19.0 Å². The van der Waals surface area contributed by atoms with Gasteiger partial charge in [0.05, 0.1) is 0 Å². The van der Waals surface area contributed by atoms with Gasteiger partial charge in [-0.15, -0.1) is 0 Å². The van der Waals surface area contributed by atoms with E-state index in [-0.39, 0.29) is 11.6 Å². The quantitative estimate of drug-likeness (QED) is 0.895. The zero-order valence-corrected chi connectivity index (χ0v) is 15.1. The molecule has 2 atom stereocenters. The van der Waals surface area contributed by atoms with Crippen molar-refractivity contribution >= 4 is 17.5 Å². The van der Waals surface area contributed by atoms with Crippen LogP contribution in [-0.2, 0) is 0 Å². The fourth-order valence-corrected chi connectivity index (χ4v) is 3.84. The average Bonchev–Trinajstić information content (AvgIpc) is 3.00. The van der Waals surface area contributed by atoms with E-state index in [2.05, 4.69) is 31.1 Å². The lowest BCUT2D eigenvalue weighted by Crippen LogP contribution is -2.40. The maximum atomic E-state index is 12.7. The van der Waals surface area contributed by atoms with Gasteiger partial charge < -0.3 is 11.1 Å². The SMILES string of the molecule is CC1C(CNC(=O)c2cccc3nc(C(N)=O)cn23)CCCC1(C)C. The highest BCUT2D eigenvalue weighted by atomic mass is 16.2. The smallest absolute Gasteiger partial charge is 0.268 e. The van der Waals surface area contributed by atoms with Crippen molar-refractivity contribution in [1.82, 2.24) is 14.7 Å². The minimum Gasteiger partial charge on any atom is -0.364 e. The number of nitrogens with one attached hydrogen (secondary N) is 1. The molecule has 0 radical (unpaired) electrons. The minimum absolute atomic E-state index is 0.155. The van der Waals surface area contributed by atoms with Gasteiger partial charge in [-0.05, 0) is 42.2 Å². The number of imidazole rings is 1. The summed E-state index contributed by atoms with van der Waals surface area (Å²) >= 11 is 0. The Morgan fingerprint density at radius 3 is 2.88 bits per heavy atom. The molecule has 3 rings (SSSR count). The number of pyridine rings is 1. The highest BCUT2D eigenvalue weighted by Crippen LogP contribution is 2.43. The first-order valence-corrected chi connectivity index (χ1v) is 8.86. The van der Waals surface area contributed by atoms with Crippen LogP contribution in [0.1, 0.15) is 61.0 Å². The number of hydrogen-bond acceptors (Lipinski definition) is 3. The Bertz CT molecular complexity index is 809. The van der Waals surface area contributed by atoms with Gasteiger partial charge >= 0.3 is 0 Å². The van der Waals surface area contributed by atoms with E-state index in [1.54, 1.807) is 22.6 Å². The standard InChI is InChI=1S/C19H26N4O2/c1-12-13(6-5-9-19(12,2)3)10-21-18(25)15-7-4-8-16-22-14(17(20)24)11-23(15)16/h4,7-8,11-13H,5-6,9-10H2,1-3H3,(H2,20,24)(H,21,25). The number of carbonyl (C=O) groups is 2. The highest BCUT2D eigenvalue weighted by Gasteiger charge is 2.35. The molecule has 2 aromatic heterocycles. The number of nitrogens with zero attached hydrogens (tertiary/aromatic N) is 2. The van der Waals surface area contributed by atoms with E-state index in [0.29, 0.717) is 35.1 Å². The normalized spacial score (nSPS) is 22.7. The predicted molar refractivity (Wildman–Crippen MR) is 96.3 cm³/mol. The number of rotatable bonds is 4. The summed E-state index contributed by atoms with van der Waals surface area (Å²) in [5.41, 5.74) is 6.75. The van der Waals surface area contributed by atoms with Crippen molar-refractivity contribution in [3.05, 3.63) is 35.8 Å². The molecule has 2 unspecified atom stereocenters. The molecule has 2 heterocycles. The molecule has 6 nitrogen and oxygen atoms in total. The number of nitrogens with two attached hydrogens (primary N) is 1. The number of aromatic nitrogens is 2. The molecular weight excluding hydrogens is 316 g/mol. The van der Waals surface area contributed by atoms with E-state index in [1.807, 2.05) is 0 Å². The topological polar surface area (TPSA) is 89.5 Å². The summed E-state index contributed by atoms with van der Waals surface area (Å²) < 4.78 is 1.61. The summed E-state index contributed by atoms with van der Waals surface area (Å²) in [4.78, 5) is 28.1. The fraction of sp³-hybridized carbons (Fsp3) is 0.526. The number of fused-ring (bicyclic) bond motifs is 1. The summed E-state index contributed by atoms with van der Waals surface area (Å²) in [6.07, 6.45) is 5.10. The molecule has 3 N–H and O–H groups in total. The third-order valence-corrected chi connectivity index (χ3v) is 5.84. The second kappa shape index (κ2) is 6.50. The molecule has 0 aromatic carbocycles. The van der Waals surface area contributed by atoms with E-state index in [4.69, 9.17) is 5.73 Å². The Kier molecular flexibility index (Phi) is 4.54. The molecule has 1 aliphatic rings. The second-order valence-corrected chi connectivity index (χ2v) is 7.77. The summed E-state index contributed by atoms with van der Waals surface area (Å²) in [6.45, 7) is 7.56. The first-order chi connectivity index (χ1) is 11.8. The Morgan fingerprint density at radius 2 is 2.16 bits per heavy atom. The number of amides is 2. The van der Waals surface area contributed by atoms with E-state index < -0.39 is 5.91 Å². The second-order valence-electron chi connectivity index (χ2n) is 7.77. The third-order valence-electron chi connectivity index (χ3n) is 5.84. The molecule has 134 valence electrons. The Balaban J connectivity index is 1.75. The molecule has 0 aliphatic heterocycles. The molecule has 1 saturated carbocycles. The molecular formula is C19H26N4O2. The number of carbonyl (C=O) groups excluding carboxylic acids is 2. The van der Waals surface area contributed by atoms with Crippen LogP contribution in [0.2, 0.25) is 0 Å². The van der Waals surface area contributed by atoms with Crippen molar-refractivity contribution < 1.29 is 9.59 Å². The summed E-state index contributed by atoms with van der Waals surface area (Å²) in [6, 6.07) is 5.23. The van der Waals surface area contributed by atoms with Gasteiger partial charge in [-0.3, -0.25) is 14.0 Å². The van der Waals surface area contributed by atoms with Crippen molar-refractivity contribution in [3.63, 3.8) is 0 Å². The van der Waals surface area contributed by atoms with Crippen LogP contribution >= 0.6 is 0 Å². The maximum Gasteiger partial charge on any atom is 0.268 e. The lowest BCUT2D eigenvalue weighted by molar-refractivity contribution is 0.0785. The molecule has 2 aromatic rings. The fourth-order valence-electron chi connectivity index (χ4n) is 3.84. The highest BCUT2D eigenvalue weighted by molar-refractivity contribution is 5.95. The van der Waals surface area contributed by atoms with Crippen molar-refractivity contribution in [2.45, 2.75) is 40.0 Å². The third kappa shape index (κ3) is 3.38. The van der Waals surface area contributed by atoms with Crippen LogP contribution in [0, 0.1) is 17.3 Å². The molecule has 6 heteroatoms. The Morgan fingerprint density at radius 1 is 1.40 bits per heavy atom. The van der Waals surface area contributed by atoms with Gasteiger partial charge in [-0.2, -0.15) is 0 Å². The van der Waals surface area contributed by atoms with Crippen LogP contribution in [0.4, 0.5) is 0 Å². The predicted octanol–water partition coefficient (Wildman–Crippen LogP) is 2.63. The Labute approximate surface area is 147 Å². The molecule has 1 aliphatic carbocycles. The first-order valence-electron chi connectivity index (χ1n) is 8.86. The lowest BCUT2D eigenvalue weighted by Gasteiger charge is -2.42. The van der Waals surface area contributed by atoms with Gasteiger partial charge in [0.2, 0.25) is 0 Å². The minimum atomic E-state index is -0.603. The van der Waals surface area contributed by atoms with Gasteiger partial charge in [-0.25, -0.2) is 4.98 Å². The van der Waals surface area contributed by atoms with Crippen LogP contribution in [0.25, 0.3) is 5.65 Å². The van der Waals surface area contributed by atoms with Crippen molar-refractivity contribution in [2.75, 3.05) is 6.54 Å². The van der Waals surface area contributed by atoms with Gasteiger partial charge in [0, 0.05) is 12.7 Å². The lowest BCUT2D eigenvalue weighted by atomic mass is 9.64. The van der Waals surface area contributed by atoms with Crippen molar-refractivity contribution in [2.24, 2.45) is 23.0 Å². The average molecular weight is 342 g/mol. The maximum absolute atomic E-state index is 12.7. The largest absolute Gasteiger partial charge is 0.364 e. The molecule has 2 amide bonds. The van der Waals surface area contributed by atoms with Crippen molar-refractivity contribution in [3.8, 4) is 0 Å². The molecule has 25 heavy (non-hydrogen) atoms. The molecule has 0 saturated heterocycles. The van der Waals surface area contributed by atoms with Crippen LogP contribution in [0.3, 0.4) is 0 Å². The first kappa shape index (κ1) is 17.5. The molecule has 0 bridgehead atoms. The van der Waals surface area contributed by atoms with Gasteiger partial charge in [0.15, 0.2) is 0 Å². The van der Waals surface area contributed by atoms with Crippen molar-refractivity contribution in [1.29, 1.82) is 0 Å². The monoisotopic (exact) mass is 342 g/mol. The van der Waals surface area contributed by atoms with Crippen LogP contribution in [0.5, 0.6) is 0 Å². The summed E-state index contributed by atoms with van der Waals surface area (Å²) in [7, 11) is 0. The van der Waals surface area contributed by atoms with Gasteiger partial charge in [0.1, 0.15) is 17.0 Å². The summed E-state index contributed by atoms with van der Waals surface area (Å²) in [5, 5.41) is 3.06. The van der Waals surface area contributed by atoms with E-state index >= 15 is 0 Å². The zero-order valence-electron chi connectivity index (χ0n) is 15.1. The van der Waals surface area contributed by atoms with Crippen LogP contribution < -0.4 is 11.1 Å². The zero-order chi connectivity index (χ0) is 18.2. The van der Waals surface area contributed by atoms with Gasteiger partial charge in [0.25, 0.3) is 11.8 Å².